The first-order valence-electron chi connectivity index (χ1n) is 9.13. The van der Waals surface area contributed by atoms with Crippen LogP contribution in [0.3, 0.4) is 0 Å². The van der Waals surface area contributed by atoms with Gasteiger partial charge in [-0.15, -0.1) is 0 Å². The molecule has 0 spiro atoms. The van der Waals surface area contributed by atoms with Crippen LogP contribution in [-0.4, -0.2) is 28.9 Å². The summed E-state index contributed by atoms with van der Waals surface area (Å²) in [6.07, 6.45) is -1.15. The normalized spacial score (nSPS) is 18.0. The number of halogens is 3. The van der Waals surface area contributed by atoms with Gasteiger partial charge in [0.05, 0.1) is 5.56 Å². The molecule has 1 aliphatic heterocycles. The van der Waals surface area contributed by atoms with Crippen molar-refractivity contribution in [1.29, 1.82) is 0 Å². The molecule has 1 aliphatic rings. The predicted molar refractivity (Wildman–Crippen MR) is 94.4 cm³/mol. The Balaban J connectivity index is 1.60. The number of aryl methyl sites for hydroxylation is 3. The number of carbonyl (C=O) groups is 1. The lowest BCUT2D eigenvalue weighted by Crippen LogP contribution is -2.40. The molecule has 0 saturated carbocycles. The lowest BCUT2D eigenvalue weighted by Gasteiger charge is -2.32. The minimum absolute atomic E-state index is 0.131. The van der Waals surface area contributed by atoms with Gasteiger partial charge in [-0.2, -0.15) is 13.2 Å². The summed E-state index contributed by atoms with van der Waals surface area (Å²) in [5, 5.41) is 0. The van der Waals surface area contributed by atoms with Crippen molar-refractivity contribution >= 4 is 5.91 Å². The van der Waals surface area contributed by atoms with Crippen LogP contribution in [0.25, 0.3) is 0 Å². The van der Waals surface area contributed by atoms with Gasteiger partial charge in [-0.3, -0.25) is 4.79 Å². The number of oxazole rings is 1. The third kappa shape index (κ3) is 4.70. The summed E-state index contributed by atoms with van der Waals surface area (Å²) in [4.78, 5) is 18.6. The smallest absolute Gasteiger partial charge is 0.416 e. The summed E-state index contributed by atoms with van der Waals surface area (Å²) in [7, 11) is 0. The lowest BCUT2D eigenvalue weighted by molar-refractivity contribution is -0.137. The molecule has 0 radical (unpaired) electrons. The minimum atomic E-state index is -4.32. The molecule has 0 N–H and O–H groups in total. The zero-order valence-corrected chi connectivity index (χ0v) is 15.5. The Kier molecular flexibility index (Phi) is 5.58. The van der Waals surface area contributed by atoms with Gasteiger partial charge in [0.25, 0.3) is 5.91 Å². The van der Waals surface area contributed by atoms with E-state index in [0.717, 1.165) is 25.3 Å². The molecule has 1 aromatic heterocycles. The van der Waals surface area contributed by atoms with Crippen LogP contribution >= 0.6 is 0 Å². The van der Waals surface area contributed by atoms with E-state index < -0.39 is 11.7 Å². The molecule has 1 amide bonds. The number of aromatic nitrogens is 1. The Labute approximate surface area is 156 Å². The molecule has 146 valence electrons. The Morgan fingerprint density at radius 1 is 1.33 bits per heavy atom. The van der Waals surface area contributed by atoms with Gasteiger partial charge in [0, 0.05) is 20.0 Å². The highest BCUT2D eigenvalue weighted by Gasteiger charge is 2.31. The zero-order valence-electron chi connectivity index (χ0n) is 15.5. The number of alkyl halides is 3. The van der Waals surface area contributed by atoms with Crippen molar-refractivity contribution in [2.45, 2.75) is 45.7 Å². The van der Waals surface area contributed by atoms with Crippen molar-refractivity contribution in [2.75, 3.05) is 13.1 Å². The summed E-state index contributed by atoms with van der Waals surface area (Å²) >= 11 is 0. The van der Waals surface area contributed by atoms with Crippen molar-refractivity contribution in [3.8, 4) is 0 Å². The molecule has 1 fully saturated rings. The molecular formula is C20H23F3N2O2. The second-order valence-corrected chi connectivity index (χ2v) is 7.13. The SMILES string of the molecule is Cc1nc(C(=O)N2CCCC(CCc3cccc(C(F)(F)F)c3)C2)c(C)o1. The topological polar surface area (TPSA) is 46.3 Å². The zero-order chi connectivity index (χ0) is 19.6. The fourth-order valence-corrected chi connectivity index (χ4v) is 3.64. The van der Waals surface area contributed by atoms with Crippen LogP contribution in [-0.2, 0) is 12.6 Å². The maximum Gasteiger partial charge on any atom is 0.416 e. The standard InChI is InChI=1S/C20H23F3N2O2/c1-13-18(24-14(2)27-13)19(26)25-10-4-6-16(12-25)9-8-15-5-3-7-17(11-15)20(21,22)23/h3,5,7,11,16H,4,6,8-10,12H2,1-2H3. The van der Waals surface area contributed by atoms with Gasteiger partial charge in [-0.05, 0) is 50.2 Å². The number of piperidine rings is 1. The van der Waals surface area contributed by atoms with Crippen LogP contribution in [0.15, 0.2) is 28.7 Å². The van der Waals surface area contributed by atoms with Crippen LogP contribution in [0, 0.1) is 19.8 Å². The number of nitrogens with zero attached hydrogens (tertiary/aromatic N) is 2. The van der Waals surface area contributed by atoms with Crippen LogP contribution in [0.1, 0.15) is 52.5 Å². The largest absolute Gasteiger partial charge is 0.445 e. The molecule has 1 saturated heterocycles. The average Bonchev–Trinajstić information content (AvgIpc) is 2.97. The van der Waals surface area contributed by atoms with E-state index in [0.29, 0.717) is 42.4 Å². The van der Waals surface area contributed by atoms with Gasteiger partial charge >= 0.3 is 6.18 Å². The summed E-state index contributed by atoms with van der Waals surface area (Å²) in [5.41, 5.74) is 0.416. The molecule has 1 aromatic carbocycles. The molecule has 0 aliphatic carbocycles. The fourth-order valence-electron chi connectivity index (χ4n) is 3.64. The Bertz CT molecular complexity index is 814. The second-order valence-electron chi connectivity index (χ2n) is 7.13. The number of likely N-dealkylation sites (tertiary alicyclic amines) is 1. The molecule has 3 rings (SSSR count). The average molecular weight is 380 g/mol. The number of hydrogen-bond acceptors (Lipinski definition) is 3. The number of carbonyl (C=O) groups excluding carboxylic acids is 1. The van der Waals surface area contributed by atoms with E-state index in [1.807, 2.05) is 0 Å². The van der Waals surface area contributed by atoms with Gasteiger partial charge in [-0.25, -0.2) is 4.98 Å². The van der Waals surface area contributed by atoms with Crippen LogP contribution in [0.4, 0.5) is 13.2 Å². The molecule has 7 heteroatoms. The van der Waals surface area contributed by atoms with Crippen LogP contribution in [0.2, 0.25) is 0 Å². The van der Waals surface area contributed by atoms with Crippen molar-refractivity contribution in [1.82, 2.24) is 9.88 Å². The first kappa shape index (κ1) is 19.5. The summed E-state index contributed by atoms with van der Waals surface area (Å²) in [6, 6.07) is 5.48. The minimum Gasteiger partial charge on any atom is -0.445 e. The number of benzene rings is 1. The van der Waals surface area contributed by atoms with Gasteiger partial charge < -0.3 is 9.32 Å². The summed E-state index contributed by atoms with van der Waals surface area (Å²) < 4.78 is 43.9. The van der Waals surface area contributed by atoms with E-state index in [4.69, 9.17) is 4.42 Å². The first-order valence-corrected chi connectivity index (χ1v) is 9.13. The summed E-state index contributed by atoms with van der Waals surface area (Å²) in [6.45, 7) is 4.70. The van der Waals surface area contributed by atoms with Crippen molar-refractivity contribution in [2.24, 2.45) is 5.92 Å². The maximum absolute atomic E-state index is 12.8. The quantitative estimate of drug-likeness (QED) is 0.766. The molecule has 2 aromatic rings. The van der Waals surface area contributed by atoms with E-state index in [1.165, 1.54) is 12.1 Å². The number of hydrogen-bond donors (Lipinski definition) is 0. The Hall–Kier alpha value is -2.31. The second kappa shape index (κ2) is 7.74. The molecule has 1 unspecified atom stereocenters. The van der Waals surface area contributed by atoms with E-state index in [-0.39, 0.29) is 11.8 Å². The third-order valence-corrected chi connectivity index (χ3v) is 5.01. The highest BCUT2D eigenvalue weighted by atomic mass is 19.4. The lowest BCUT2D eigenvalue weighted by atomic mass is 9.91. The van der Waals surface area contributed by atoms with E-state index in [9.17, 15) is 18.0 Å². The molecular weight excluding hydrogens is 357 g/mol. The molecule has 2 heterocycles. The monoisotopic (exact) mass is 380 g/mol. The number of amides is 1. The first-order chi connectivity index (χ1) is 12.7. The van der Waals surface area contributed by atoms with E-state index in [2.05, 4.69) is 4.98 Å². The Morgan fingerprint density at radius 2 is 2.11 bits per heavy atom. The Morgan fingerprint density at radius 3 is 2.78 bits per heavy atom. The highest BCUT2D eigenvalue weighted by molar-refractivity contribution is 5.93. The predicted octanol–water partition coefficient (Wildman–Crippen LogP) is 4.80. The molecule has 27 heavy (non-hydrogen) atoms. The van der Waals surface area contributed by atoms with Gasteiger partial charge in [-0.1, -0.05) is 18.2 Å². The fraction of sp³-hybridized carbons (Fsp3) is 0.500. The van der Waals surface area contributed by atoms with Gasteiger partial charge in [0.15, 0.2) is 11.6 Å². The van der Waals surface area contributed by atoms with E-state index in [1.54, 1.807) is 24.8 Å². The third-order valence-electron chi connectivity index (χ3n) is 5.01. The van der Waals surface area contributed by atoms with Crippen LogP contribution in [0.5, 0.6) is 0 Å². The molecule has 4 nitrogen and oxygen atoms in total. The van der Waals surface area contributed by atoms with Crippen molar-refractivity contribution in [3.63, 3.8) is 0 Å². The number of rotatable bonds is 4. The molecule has 0 bridgehead atoms. The van der Waals surface area contributed by atoms with Crippen molar-refractivity contribution < 1.29 is 22.4 Å². The highest BCUT2D eigenvalue weighted by Crippen LogP contribution is 2.30. The van der Waals surface area contributed by atoms with E-state index >= 15 is 0 Å². The molecule has 1 atom stereocenters. The summed E-state index contributed by atoms with van der Waals surface area (Å²) in [5.74, 6) is 1.12. The van der Waals surface area contributed by atoms with Gasteiger partial charge in [0.1, 0.15) is 5.76 Å². The maximum atomic E-state index is 12.8. The van der Waals surface area contributed by atoms with Crippen molar-refractivity contribution in [3.05, 3.63) is 52.7 Å². The van der Waals surface area contributed by atoms with Gasteiger partial charge in [0.2, 0.25) is 0 Å². The van der Waals surface area contributed by atoms with Crippen LogP contribution < -0.4 is 0 Å².